The number of hydrogen-bond acceptors (Lipinski definition) is 2. The molecule has 12 heavy (non-hydrogen) atoms. The summed E-state index contributed by atoms with van der Waals surface area (Å²) < 4.78 is 13.1. The van der Waals surface area contributed by atoms with Crippen molar-refractivity contribution in [2.45, 2.75) is 13.5 Å². The van der Waals surface area contributed by atoms with Crippen LogP contribution in [0, 0.1) is 22.9 Å². The van der Waals surface area contributed by atoms with Crippen LogP contribution < -0.4 is 0 Å². The molecule has 3 nitrogen and oxygen atoms in total. The Morgan fingerprint density at radius 2 is 2.25 bits per heavy atom. The summed E-state index contributed by atoms with van der Waals surface area (Å²) in [5, 5.41) is 10.1. The zero-order valence-corrected chi connectivity index (χ0v) is 6.58. The van der Waals surface area contributed by atoms with Crippen LogP contribution in [0.1, 0.15) is 11.1 Å². The second-order valence-corrected chi connectivity index (χ2v) is 2.54. The van der Waals surface area contributed by atoms with Crippen molar-refractivity contribution < 1.29 is 9.31 Å². The maximum Gasteiger partial charge on any atom is 0.231 e. The third-order valence-corrected chi connectivity index (χ3v) is 1.57. The fraction of sp³-hybridized carbons (Fsp3) is 0.250. The monoisotopic (exact) mass is 169 g/mol. The second kappa shape index (κ2) is 3.30. The minimum Gasteiger partial charge on any atom is -0.264 e. The second-order valence-electron chi connectivity index (χ2n) is 2.54. The highest BCUT2D eigenvalue weighted by Crippen LogP contribution is 2.12. The third-order valence-electron chi connectivity index (χ3n) is 1.57. The average Bonchev–Trinajstić information content (AvgIpc) is 1.98. The quantitative estimate of drug-likeness (QED) is 0.501. The van der Waals surface area contributed by atoms with Crippen molar-refractivity contribution in [3.05, 3.63) is 45.3 Å². The van der Waals surface area contributed by atoms with Gasteiger partial charge in [0.1, 0.15) is 5.82 Å². The van der Waals surface area contributed by atoms with Gasteiger partial charge in [0.25, 0.3) is 0 Å². The normalized spacial score (nSPS) is 9.83. The first-order valence-corrected chi connectivity index (χ1v) is 3.47. The Labute approximate surface area is 69.0 Å². The van der Waals surface area contributed by atoms with Crippen molar-refractivity contribution in [1.82, 2.24) is 0 Å². The Morgan fingerprint density at radius 3 is 2.83 bits per heavy atom. The molecule has 1 aromatic rings. The molecule has 0 fully saturated rings. The molecule has 0 spiro atoms. The predicted octanol–water partition coefficient (Wildman–Crippen LogP) is 1.91. The summed E-state index contributed by atoms with van der Waals surface area (Å²) in [6.45, 7) is 1.13. The van der Waals surface area contributed by atoms with Crippen LogP contribution in [0.3, 0.4) is 0 Å². The smallest absolute Gasteiger partial charge is 0.231 e. The summed E-state index contributed by atoms with van der Waals surface area (Å²) in [5.74, 6) is -0.478. The van der Waals surface area contributed by atoms with Gasteiger partial charge in [0.15, 0.2) is 0 Å². The van der Waals surface area contributed by atoms with Gasteiger partial charge in [-0.1, -0.05) is 12.1 Å². The molecule has 4 heteroatoms. The van der Waals surface area contributed by atoms with E-state index in [1.807, 2.05) is 0 Å². The molecule has 1 rings (SSSR count). The number of halogens is 1. The lowest BCUT2D eigenvalue weighted by molar-refractivity contribution is -0.497. The molecule has 0 aliphatic rings. The topological polar surface area (TPSA) is 43.1 Å². The highest BCUT2D eigenvalue weighted by atomic mass is 19.1. The largest absolute Gasteiger partial charge is 0.264 e. The first-order valence-electron chi connectivity index (χ1n) is 3.47. The molecule has 0 unspecified atom stereocenters. The van der Waals surface area contributed by atoms with E-state index in [-0.39, 0.29) is 5.56 Å². The maximum absolute atomic E-state index is 13.1. The lowest BCUT2D eigenvalue weighted by atomic mass is 10.1. The van der Waals surface area contributed by atoms with Crippen molar-refractivity contribution in [2.24, 2.45) is 0 Å². The van der Waals surface area contributed by atoms with Gasteiger partial charge >= 0.3 is 0 Å². The highest BCUT2D eigenvalue weighted by molar-refractivity contribution is 5.23. The van der Waals surface area contributed by atoms with Crippen molar-refractivity contribution >= 4 is 0 Å². The molecule has 0 aromatic heterocycles. The maximum atomic E-state index is 13.1. The summed E-state index contributed by atoms with van der Waals surface area (Å²) in [4.78, 5) is 9.53. The lowest BCUT2D eigenvalue weighted by Crippen LogP contribution is -2.01. The van der Waals surface area contributed by atoms with Crippen LogP contribution in [0.2, 0.25) is 0 Å². The van der Waals surface area contributed by atoms with Crippen LogP contribution >= 0.6 is 0 Å². The molecule has 0 bridgehead atoms. The van der Waals surface area contributed by atoms with E-state index >= 15 is 0 Å². The zero-order valence-electron chi connectivity index (χ0n) is 6.58. The molecule has 0 N–H and O–H groups in total. The molecular weight excluding hydrogens is 161 g/mol. The van der Waals surface area contributed by atoms with Gasteiger partial charge in [0.2, 0.25) is 6.54 Å². The van der Waals surface area contributed by atoms with E-state index in [0.717, 1.165) is 0 Å². The van der Waals surface area contributed by atoms with E-state index in [1.54, 1.807) is 19.1 Å². The van der Waals surface area contributed by atoms with E-state index < -0.39 is 17.3 Å². The zero-order chi connectivity index (χ0) is 9.14. The molecule has 0 aliphatic carbocycles. The lowest BCUT2D eigenvalue weighted by Gasteiger charge is -1.99. The molecule has 0 aliphatic heterocycles. The molecule has 0 saturated heterocycles. The molecule has 64 valence electrons. The Hall–Kier alpha value is -1.45. The van der Waals surface area contributed by atoms with E-state index in [0.29, 0.717) is 5.56 Å². The third kappa shape index (κ3) is 1.78. The van der Waals surface area contributed by atoms with Crippen LogP contribution in [0.4, 0.5) is 4.39 Å². The Kier molecular flexibility index (Phi) is 2.38. The van der Waals surface area contributed by atoms with Crippen LogP contribution in [-0.2, 0) is 6.54 Å². The minimum atomic E-state index is -0.544. The van der Waals surface area contributed by atoms with Gasteiger partial charge in [-0.25, -0.2) is 4.39 Å². The van der Waals surface area contributed by atoms with Crippen LogP contribution in [0.15, 0.2) is 18.2 Å². The van der Waals surface area contributed by atoms with Gasteiger partial charge < -0.3 is 0 Å². The van der Waals surface area contributed by atoms with Gasteiger partial charge in [-0.2, -0.15) is 0 Å². The van der Waals surface area contributed by atoms with Gasteiger partial charge in [0, 0.05) is 4.92 Å². The number of nitrogens with zero attached hydrogens (tertiary/aromatic N) is 1. The van der Waals surface area contributed by atoms with Gasteiger partial charge in [-0.05, 0) is 18.6 Å². The standard InChI is InChI=1S/C8H8FNO2/c1-6-3-2-4-7(8(6)9)5-10(11)12/h2-4H,5H2,1H3. The number of benzene rings is 1. The first-order chi connectivity index (χ1) is 5.61. The Balaban J connectivity index is 3.00. The minimum absolute atomic E-state index is 0.139. The average molecular weight is 169 g/mol. The summed E-state index contributed by atoms with van der Waals surface area (Å²) in [6.07, 6.45) is 0. The summed E-state index contributed by atoms with van der Waals surface area (Å²) >= 11 is 0. The number of nitro groups is 1. The predicted molar refractivity (Wildman–Crippen MR) is 41.8 cm³/mol. The molecule has 1 aromatic carbocycles. The molecule has 0 amide bonds. The van der Waals surface area contributed by atoms with Crippen molar-refractivity contribution in [3.8, 4) is 0 Å². The first kappa shape index (κ1) is 8.64. The summed E-state index contributed by atoms with van der Waals surface area (Å²) in [7, 11) is 0. The van der Waals surface area contributed by atoms with Gasteiger partial charge in [0.05, 0.1) is 5.56 Å². The van der Waals surface area contributed by atoms with Crippen molar-refractivity contribution in [3.63, 3.8) is 0 Å². The number of aryl methyl sites for hydroxylation is 1. The van der Waals surface area contributed by atoms with Crippen molar-refractivity contribution in [2.75, 3.05) is 0 Å². The number of rotatable bonds is 2. The Bertz CT molecular complexity index is 312. The fourth-order valence-electron chi connectivity index (χ4n) is 0.969. The fourth-order valence-corrected chi connectivity index (χ4v) is 0.969. The van der Waals surface area contributed by atoms with E-state index in [4.69, 9.17) is 0 Å². The summed E-state index contributed by atoms with van der Waals surface area (Å²) in [5.41, 5.74) is 0.578. The van der Waals surface area contributed by atoms with Crippen molar-refractivity contribution in [1.29, 1.82) is 0 Å². The van der Waals surface area contributed by atoms with Gasteiger partial charge in [-0.15, -0.1) is 0 Å². The molecule has 0 radical (unpaired) electrons. The van der Waals surface area contributed by atoms with E-state index in [1.165, 1.54) is 6.07 Å². The molecule has 0 heterocycles. The van der Waals surface area contributed by atoms with Crippen LogP contribution in [-0.4, -0.2) is 4.92 Å². The van der Waals surface area contributed by atoms with E-state index in [2.05, 4.69) is 0 Å². The highest BCUT2D eigenvalue weighted by Gasteiger charge is 2.08. The van der Waals surface area contributed by atoms with Crippen LogP contribution in [0.5, 0.6) is 0 Å². The summed E-state index contributed by atoms with van der Waals surface area (Å²) in [6, 6.07) is 4.61. The molecule has 0 saturated carbocycles. The Morgan fingerprint density at radius 1 is 1.58 bits per heavy atom. The SMILES string of the molecule is Cc1cccc(C[N+](=O)[O-])c1F. The molecular formula is C8H8FNO2. The van der Waals surface area contributed by atoms with Gasteiger partial charge in [-0.3, -0.25) is 10.1 Å². The number of hydrogen-bond donors (Lipinski definition) is 0. The van der Waals surface area contributed by atoms with E-state index in [9.17, 15) is 14.5 Å². The van der Waals surface area contributed by atoms with Crippen LogP contribution in [0.25, 0.3) is 0 Å². The molecule has 0 atom stereocenters.